The topological polar surface area (TPSA) is 72.0 Å². The van der Waals surface area contributed by atoms with Crippen molar-refractivity contribution in [3.63, 3.8) is 0 Å². The summed E-state index contributed by atoms with van der Waals surface area (Å²) in [5.41, 5.74) is 0. The van der Waals surface area contributed by atoms with Crippen LogP contribution < -0.4 is 10.6 Å². The molecule has 7 heteroatoms. The highest BCUT2D eigenvalue weighted by Crippen LogP contribution is 2.20. The van der Waals surface area contributed by atoms with Crippen LogP contribution in [0.5, 0.6) is 0 Å². The lowest BCUT2D eigenvalue weighted by atomic mass is 9.98. The molecule has 154 valence electrons. The molecule has 0 spiro atoms. The first-order chi connectivity index (χ1) is 12.3. The number of carbonyl (C=O) groups is 1. The number of methoxy groups -OCH3 is 1. The molecule has 1 saturated carbocycles. The summed E-state index contributed by atoms with van der Waals surface area (Å²) in [4.78, 5) is 15.2. The summed E-state index contributed by atoms with van der Waals surface area (Å²) in [6.45, 7) is 2.61. The number of esters is 1. The second-order valence-corrected chi connectivity index (χ2v) is 6.65. The van der Waals surface area contributed by atoms with Crippen molar-refractivity contribution >= 4 is 35.9 Å². The predicted molar refractivity (Wildman–Crippen MR) is 117 cm³/mol. The van der Waals surface area contributed by atoms with Gasteiger partial charge in [-0.05, 0) is 32.1 Å². The molecule has 0 unspecified atom stereocenters. The van der Waals surface area contributed by atoms with Gasteiger partial charge in [0.1, 0.15) is 0 Å². The Morgan fingerprint density at radius 2 is 1.65 bits per heavy atom. The summed E-state index contributed by atoms with van der Waals surface area (Å²) in [7, 11) is 3.23. The summed E-state index contributed by atoms with van der Waals surface area (Å²) in [5, 5.41) is 6.66. The molecule has 0 aromatic heterocycles. The average molecular weight is 483 g/mol. The van der Waals surface area contributed by atoms with Gasteiger partial charge >= 0.3 is 5.97 Å². The van der Waals surface area contributed by atoms with Gasteiger partial charge in [-0.3, -0.25) is 9.79 Å². The molecule has 1 aliphatic rings. The Labute approximate surface area is 176 Å². The van der Waals surface area contributed by atoms with E-state index in [1.54, 1.807) is 7.05 Å². The van der Waals surface area contributed by atoms with Crippen LogP contribution in [-0.4, -0.2) is 51.9 Å². The zero-order valence-electron chi connectivity index (χ0n) is 16.6. The van der Waals surface area contributed by atoms with E-state index in [-0.39, 0.29) is 29.9 Å². The van der Waals surface area contributed by atoms with E-state index in [2.05, 4.69) is 20.4 Å². The number of aliphatic imine (C=N–C) groups is 1. The molecule has 1 fully saturated rings. The van der Waals surface area contributed by atoms with E-state index in [0.29, 0.717) is 12.5 Å². The Hall–Kier alpha value is -0.570. The number of hydrogen-bond donors (Lipinski definition) is 2. The molecule has 0 heterocycles. The number of guanidine groups is 1. The number of rotatable bonds is 12. The van der Waals surface area contributed by atoms with Crippen molar-refractivity contribution < 1.29 is 14.3 Å². The third-order valence-corrected chi connectivity index (χ3v) is 4.57. The van der Waals surface area contributed by atoms with E-state index in [1.807, 2.05) is 0 Å². The molecule has 26 heavy (non-hydrogen) atoms. The third kappa shape index (κ3) is 13.6. The first kappa shape index (κ1) is 25.4. The van der Waals surface area contributed by atoms with Crippen LogP contribution in [0, 0.1) is 0 Å². The van der Waals surface area contributed by atoms with Crippen molar-refractivity contribution in [1.29, 1.82) is 0 Å². The van der Waals surface area contributed by atoms with Crippen molar-refractivity contribution in [3.8, 4) is 0 Å². The smallest absolute Gasteiger partial charge is 0.305 e. The molecular weight excluding hydrogens is 445 g/mol. The molecule has 0 amide bonds. The number of halogens is 1. The van der Waals surface area contributed by atoms with Gasteiger partial charge in [0.15, 0.2) is 5.96 Å². The lowest BCUT2D eigenvalue weighted by Crippen LogP contribution is -2.38. The van der Waals surface area contributed by atoms with Gasteiger partial charge in [-0.2, -0.15) is 0 Å². The van der Waals surface area contributed by atoms with Crippen LogP contribution in [0.1, 0.15) is 70.6 Å². The van der Waals surface area contributed by atoms with Gasteiger partial charge in [-0.1, -0.05) is 32.1 Å². The quantitative estimate of drug-likeness (QED) is 0.146. The second kappa shape index (κ2) is 17.8. The number of nitrogens with zero attached hydrogens (tertiary/aromatic N) is 1. The number of carbonyl (C=O) groups excluding carboxylic acids is 1. The third-order valence-electron chi connectivity index (χ3n) is 4.57. The van der Waals surface area contributed by atoms with Gasteiger partial charge in [0, 0.05) is 33.2 Å². The van der Waals surface area contributed by atoms with Crippen molar-refractivity contribution in [2.45, 2.75) is 76.7 Å². The number of unbranched alkanes of at least 4 members (excludes halogenated alkanes) is 3. The summed E-state index contributed by atoms with van der Waals surface area (Å²) in [5.74, 6) is 0.738. The minimum absolute atomic E-state index is 0. The van der Waals surface area contributed by atoms with Crippen LogP contribution in [0.4, 0.5) is 0 Å². The van der Waals surface area contributed by atoms with E-state index in [0.717, 1.165) is 57.8 Å². The van der Waals surface area contributed by atoms with E-state index in [1.165, 1.54) is 39.2 Å². The highest BCUT2D eigenvalue weighted by molar-refractivity contribution is 14.0. The molecule has 0 aliphatic heterocycles. The number of nitrogens with one attached hydrogen (secondary N) is 2. The molecule has 6 nitrogen and oxygen atoms in total. The largest absolute Gasteiger partial charge is 0.469 e. The Morgan fingerprint density at radius 1 is 1.00 bits per heavy atom. The van der Waals surface area contributed by atoms with Gasteiger partial charge in [0.25, 0.3) is 0 Å². The molecule has 0 aromatic rings. The molecule has 0 aromatic carbocycles. The van der Waals surface area contributed by atoms with Crippen LogP contribution in [0.15, 0.2) is 4.99 Å². The van der Waals surface area contributed by atoms with Gasteiger partial charge in [0.05, 0.1) is 13.2 Å². The predicted octanol–water partition coefficient (Wildman–Crippen LogP) is 3.63. The highest BCUT2D eigenvalue weighted by atomic mass is 127. The second-order valence-electron chi connectivity index (χ2n) is 6.65. The van der Waals surface area contributed by atoms with Crippen LogP contribution in [0.3, 0.4) is 0 Å². The Kier molecular flexibility index (Phi) is 17.4. The Balaban J connectivity index is 0.00000625. The highest BCUT2D eigenvalue weighted by Gasteiger charge is 2.12. The SMILES string of the molecule is CN=C(NCCCCCCC(=O)OC)NCCCOC1CCCCC1.I. The van der Waals surface area contributed by atoms with Crippen molar-refractivity contribution in [2.75, 3.05) is 33.9 Å². The van der Waals surface area contributed by atoms with Crippen molar-refractivity contribution in [3.05, 3.63) is 0 Å². The molecular formula is C19H38IN3O3. The monoisotopic (exact) mass is 483 g/mol. The molecule has 0 bridgehead atoms. The minimum Gasteiger partial charge on any atom is -0.469 e. The molecule has 1 rings (SSSR count). The van der Waals surface area contributed by atoms with E-state index >= 15 is 0 Å². The summed E-state index contributed by atoms with van der Waals surface area (Å²) in [6.07, 6.45) is 12.6. The molecule has 1 aliphatic carbocycles. The van der Waals surface area contributed by atoms with Gasteiger partial charge in [-0.15, -0.1) is 24.0 Å². The molecule has 0 atom stereocenters. The first-order valence-electron chi connectivity index (χ1n) is 9.89. The minimum atomic E-state index is -0.116. The van der Waals surface area contributed by atoms with Gasteiger partial charge in [-0.25, -0.2) is 0 Å². The van der Waals surface area contributed by atoms with Crippen LogP contribution >= 0.6 is 24.0 Å². The van der Waals surface area contributed by atoms with Crippen LogP contribution in [0.2, 0.25) is 0 Å². The van der Waals surface area contributed by atoms with Gasteiger partial charge in [0.2, 0.25) is 0 Å². The standard InChI is InChI=1S/C19H37N3O3.HI/c1-20-19(21-14-9-4-3-8-13-18(23)24-2)22-15-10-16-25-17-11-6-5-7-12-17;/h17H,3-16H2,1-2H3,(H2,20,21,22);1H. The fourth-order valence-electron chi connectivity index (χ4n) is 3.04. The fraction of sp³-hybridized carbons (Fsp3) is 0.895. The van der Waals surface area contributed by atoms with E-state index < -0.39 is 0 Å². The normalized spacial score (nSPS) is 15.2. The number of ether oxygens (including phenoxy) is 2. The average Bonchev–Trinajstić information content (AvgIpc) is 2.65. The van der Waals surface area contributed by atoms with Gasteiger partial charge < -0.3 is 20.1 Å². The zero-order valence-corrected chi connectivity index (χ0v) is 18.9. The first-order valence-corrected chi connectivity index (χ1v) is 9.89. The number of hydrogen-bond acceptors (Lipinski definition) is 4. The lowest BCUT2D eigenvalue weighted by Gasteiger charge is -2.22. The van der Waals surface area contributed by atoms with Crippen LogP contribution in [0.25, 0.3) is 0 Å². The van der Waals surface area contributed by atoms with Crippen molar-refractivity contribution in [1.82, 2.24) is 10.6 Å². The Bertz CT molecular complexity index is 375. The maximum absolute atomic E-state index is 11.0. The van der Waals surface area contributed by atoms with E-state index in [4.69, 9.17) is 4.74 Å². The molecule has 2 N–H and O–H groups in total. The molecule has 0 saturated heterocycles. The summed E-state index contributed by atoms with van der Waals surface area (Å²) < 4.78 is 10.6. The summed E-state index contributed by atoms with van der Waals surface area (Å²) in [6, 6.07) is 0. The lowest BCUT2D eigenvalue weighted by molar-refractivity contribution is -0.140. The van der Waals surface area contributed by atoms with Crippen LogP contribution in [-0.2, 0) is 14.3 Å². The maximum atomic E-state index is 11.0. The fourth-order valence-corrected chi connectivity index (χ4v) is 3.04. The van der Waals surface area contributed by atoms with E-state index in [9.17, 15) is 4.79 Å². The molecule has 0 radical (unpaired) electrons. The maximum Gasteiger partial charge on any atom is 0.305 e. The Morgan fingerprint density at radius 3 is 2.31 bits per heavy atom. The van der Waals surface area contributed by atoms with Crippen molar-refractivity contribution in [2.24, 2.45) is 4.99 Å². The zero-order chi connectivity index (χ0) is 18.2. The summed E-state index contributed by atoms with van der Waals surface area (Å²) >= 11 is 0.